The Hall–Kier alpha value is -1.35. The van der Waals surface area contributed by atoms with E-state index in [1.165, 1.54) is 17.5 Å². The van der Waals surface area contributed by atoms with Crippen LogP contribution in [0, 0.1) is 6.92 Å². The topological polar surface area (TPSA) is 41.1 Å². The summed E-state index contributed by atoms with van der Waals surface area (Å²) in [6, 6.07) is 8.46. The maximum absolute atomic E-state index is 11.9. The van der Waals surface area contributed by atoms with E-state index in [-0.39, 0.29) is 11.9 Å². The third-order valence-electron chi connectivity index (χ3n) is 3.42. The fourth-order valence-electron chi connectivity index (χ4n) is 2.40. The molecule has 98 valence electrons. The molecule has 1 amide bonds. The zero-order chi connectivity index (χ0) is 12.8. The summed E-state index contributed by atoms with van der Waals surface area (Å²) < 4.78 is 0. The molecule has 1 unspecified atom stereocenters. The van der Waals surface area contributed by atoms with Gasteiger partial charge in [-0.3, -0.25) is 4.79 Å². The number of hydrogen-bond acceptors (Lipinski definition) is 2. The van der Waals surface area contributed by atoms with Crippen molar-refractivity contribution in [1.82, 2.24) is 10.6 Å². The highest BCUT2D eigenvalue weighted by Crippen LogP contribution is 2.07. The van der Waals surface area contributed by atoms with E-state index in [4.69, 9.17) is 0 Å². The van der Waals surface area contributed by atoms with Gasteiger partial charge in [0.25, 0.3) is 0 Å². The van der Waals surface area contributed by atoms with Crippen molar-refractivity contribution in [2.75, 3.05) is 13.1 Å². The quantitative estimate of drug-likeness (QED) is 0.850. The van der Waals surface area contributed by atoms with Crippen molar-refractivity contribution in [3.05, 3.63) is 35.4 Å². The fourth-order valence-corrected chi connectivity index (χ4v) is 2.40. The minimum atomic E-state index is 0.0243. The number of nitrogens with one attached hydrogen (secondary N) is 2. The lowest BCUT2D eigenvalue weighted by Gasteiger charge is -2.22. The van der Waals surface area contributed by atoms with E-state index < -0.39 is 0 Å². The molecule has 2 rings (SSSR count). The summed E-state index contributed by atoms with van der Waals surface area (Å²) in [5, 5.41) is 6.28. The molecule has 1 aliphatic rings. The number of rotatable bonds is 4. The van der Waals surface area contributed by atoms with Crippen LogP contribution in [-0.4, -0.2) is 25.0 Å². The zero-order valence-corrected chi connectivity index (χ0v) is 11.0. The van der Waals surface area contributed by atoms with Crippen LogP contribution in [0.15, 0.2) is 24.3 Å². The lowest BCUT2D eigenvalue weighted by molar-refractivity contribution is -0.123. The number of amides is 1. The van der Waals surface area contributed by atoms with Crippen LogP contribution in [0.4, 0.5) is 0 Å². The molecule has 1 atom stereocenters. The van der Waals surface area contributed by atoms with E-state index in [0.29, 0.717) is 0 Å². The van der Waals surface area contributed by atoms with Gasteiger partial charge >= 0.3 is 0 Å². The van der Waals surface area contributed by atoms with Gasteiger partial charge in [0.15, 0.2) is 0 Å². The maximum atomic E-state index is 11.9. The number of piperidine rings is 1. The Morgan fingerprint density at radius 3 is 3.06 bits per heavy atom. The monoisotopic (exact) mass is 246 g/mol. The minimum Gasteiger partial charge on any atom is -0.354 e. The second-order valence-corrected chi connectivity index (χ2v) is 5.03. The van der Waals surface area contributed by atoms with E-state index in [1.54, 1.807) is 0 Å². The van der Waals surface area contributed by atoms with Gasteiger partial charge in [0.2, 0.25) is 5.91 Å². The predicted molar refractivity (Wildman–Crippen MR) is 73.5 cm³/mol. The summed E-state index contributed by atoms with van der Waals surface area (Å²) in [6.45, 7) is 3.78. The number of aryl methyl sites for hydroxylation is 1. The molecule has 1 saturated heterocycles. The fraction of sp³-hybridized carbons (Fsp3) is 0.533. The van der Waals surface area contributed by atoms with Gasteiger partial charge in [0.05, 0.1) is 6.04 Å². The van der Waals surface area contributed by atoms with Crippen molar-refractivity contribution >= 4 is 5.91 Å². The van der Waals surface area contributed by atoms with Crippen molar-refractivity contribution in [3.63, 3.8) is 0 Å². The molecule has 1 aromatic carbocycles. The van der Waals surface area contributed by atoms with Crippen LogP contribution in [0.25, 0.3) is 0 Å². The molecule has 0 aliphatic carbocycles. The Kier molecular flexibility index (Phi) is 4.76. The smallest absolute Gasteiger partial charge is 0.237 e. The third kappa shape index (κ3) is 3.84. The molecule has 0 radical (unpaired) electrons. The highest BCUT2D eigenvalue weighted by atomic mass is 16.2. The van der Waals surface area contributed by atoms with Gasteiger partial charge in [-0.15, -0.1) is 0 Å². The van der Waals surface area contributed by atoms with E-state index in [0.717, 1.165) is 32.4 Å². The average molecular weight is 246 g/mol. The second kappa shape index (κ2) is 6.55. The van der Waals surface area contributed by atoms with E-state index >= 15 is 0 Å². The number of benzene rings is 1. The summed E-state index contributed by atoms with van der Waals surface area (Å²) in [5.41, 5.74) is 2.56. The van der Waals surface area contributed by atoms with Crippen LogP contribution < -0.4 is 10.6 Å². The second-order valence-electron chi connectivity index (χ2n) is 5.03. The number of carbonyl (C=O) groups is 1. The summed E-state index contributed by atoms with van der Waals surface area (Å²) in [5.74, 6) is 0.155. The van der Waals surface area contributed by atoms with Gasteiger partial charge < -0.3 is 10.6 Å². The first-order chi connectivity index (χ1) is 8.75. The largest absolute Gasteiger partial charge is 0.354 e. The summed E-state index contributed by atoms with van der Waals surface area (Å²) in [6.07, 6.45) is 4.21. The first kappa shape index (κ1) is 13.1. The summed E-state index contributed by atoms with van der Waals surface area (Å²) >= 11 is 0. The molecular formula is C15H22N2O. The number of carbonyl (C=O) groups excluding carboxylic acids is 1. The van der Waals surface area contributed by atoms with Gasteiger partial charge in [-0.1, -0.05) is 36.2 Å². The van der Waals surface area contributed by atoms with Gasteiger partial charge in [0.1, 0.15) is 0 Å². The predicted octanol–water partition coefficient (Wildman–Crippen LogP) is 1.80. The van der Waals surface area contributed by atoms with Crippen LogP contribution in [-0.2, 0) is 11.2 Å². The average Bonchev–Trinajstić information content (AvgIpc) is 2.40. The molecule has 18 heavy (non-hydrogen) atoms. The van der Waals surface area contributed by atoms with Crippen LogP contribution in [0.2, 0.25) is 0 Å². The zero-order valence-electron chi connectivity index (χ0n) is 11.0. The van der Waals surface area contributed by atoms with Crippen molar-refractivity contribution in [2.24, 2.45) is 0 Å². The highest BCUT2D eigenvalue weighted by molar-refractivity contribution is 5.81. The lowest BCUT2D eigenvalue weighted by atomic mass is 10.0. The molecule has 2 N–H and O–H groups in total. The Labute approximate surface area is 109 Å². The SMILES string of the molecule is Cc1cccc(CCNC(=O)C2CCCCN2)c1. The Morgan fingerprint density at radius 1 is 1.44 bits per heavy atom. The molecule has 1 fully saturated rings. The lowest BCUT2D eigenvalue weighted by Crippen LogP contribution is -2.47. The Balaban J connectivity index is 1.73. The van der Waals surface area contributed by atoms with Crippen LogP contribution in [0.5, 0.6) is 0 Å². The molecule has 1 aromatic rings. The summed E-state index contributed by atoms with van der Waals surface area (Å²) in [4.78, 5) is 11.9. The molecule has 3 heteroatoms. The van der Waals surface area contributed by atoms with Gasteiger partial charge in [-0.25, -0.2) is 0 Å². The standard InChI is InChI=1S/C15H22N2O/c1-12-5-4-6-13(11-12)8-10-17-15(18)14-7-2-3-9-16-14/h4-6,11,14,16H,2-3,7-10H2,1H3,(H,17,18). The molecule has 0 bridgehead atoms. The van der Waals surface area contributed by atoms with Crippen LogP contribution in [0.3, 0.4) is 0 Å². The molecular weight excluding hydrogens is 224 g/mol. The normalized spacial score (nSPS) is 19.5. The molecule has 1 aliphatic heterocycles. The summed E-state index contributed by atoms with van der Waals surface area (Å²) in [7, 11) is 0. The first-order valence-electron chi connectivity index (χ1n) is 6.82. The van der Waals surface area contributed by atoms with E-state index in [9.17, 15) is 4.79 Å². The molecule has 0 saturated carbocycles. The van der Waals surface area contributed by atoms with Crippen molar-refractivity contribution in [3.8, 4) is 0 Å². The third-order valence-corrected chi connectivity index (χ3v) is 3.42. The van der Waals surface area contributed by atoms with Crippen LogP contribution >= 0.6 is 0 Å². The Bertz CT molecular complexity index is 397. The molecule has 3 nitrogen and oxygen atoms in total. The number of hydrogen-bond donors (Lipinski definition) is 2. The highest BCUT2D eigenvalue weighted by Gasteiger charge is 2.19. The minimum absolute atomic E-state index is 0.0243. The Morgan fingerprint density at radius 2 is 2.33 bits per heavy atom. The molecule has 1 heterocycles. The van der Waals surface area contributed by atoms with Gasteiger partial charge in [-0.05, 0) is 38.3 Å². The van der Waals surface area contributed by atoms with Crippen LogP contribution in [0.1, 0.15) is 30.4 Å². The molecule has 0 spiro atoms. The maximum Gasteiger partial charge on any atom is 0.237 e. The van der Waals surface area contributed by atoms with Crippen molar-refractivity contribution < 1.29 is 4.79 Å². The van der Waals surface area contributed by atoms with Crippen molar-refractivity contribution in [1.29, 1.82) is 0 Å². The van der Waals surface area contributed by atoms with E-state index in [2.05, 4.69) is 41.8 Å². The first-order valence-corrected chi connectivity index (χ1v) is 6.82. The van der Waals surface area contributed by atoms with Gasteiger partial charge in [0, 0.05) is 6.54 Å². The van der Waals surface area contributed by atoms with E-state index in [1.807, 2.05) is 0 Å². The van der Waals surface area contributed by atoms with Gasteiger partial charge in [-0.2, -0.15) is 0 Å². The molecule has 0 aromatic heterocycles. The van der Waals surface area contributed by atoms with Crippen molar-refractivity contribution in [2.45, 2.75) is 38.6 Å².